The average Bonchev–Trinajstić information content (AvgIpc) is 2.26. The maximum atomic E-state index is 5.30. The van der Waals surface area contributed by atoms with Crippen molar-refractivity contribution < 1.29 is 5.53 Å². The van der Waals surface area contributed by atoms with E-state index in [0.29, 0.717) is 12.1 Å². The molecule has 1 fully saturated rings. The van der Waals surface area contributed by atoms with E-state index in [4.69, 9.17) is 5.53 Å². The van der Waals surface area contributed by atoms with Crippen LogP contribution in [0.2, 0.25) is 0 Å². The van der Waals surface area contributed by atoms with Crippen LogP contribution in [0.15, 0.2) is 5.11 Å². The van der Waals surface area contributed by atoms with Crippen LogP contribution in [0, 0.1) is 0 Å². The van der Waals surface area contributed by atoms with Crippen molar-refractivity contribution in [2.24, 2.45) is 5.11 Å². The molecule has 1 aliphatic rings. The van der Waals surface area contributed by atoms with Gasteiger partial charge in [0, 0.05) is 19.1 Å². The zero-order chi connectivity index (χ0) is 10.4. The molecule has 0 aromatic carbocycles. The summed E-state index contributed by atoms with van der Waals surface area (Å²) >= 11 is 0. The van der Waals surface area contributed by atoms with Gasteiger partial charge in [0.2, 0.25) is 0 Å². The van der Waals surface area contributed by atoms with Gasteiger partial charge in [0.05, 0.1) is 0 Å². The highest BCUT2D eigenvalue weighted by molar-refractivity contribution is 4.78. The molecule has 0 heterocycles. The summed E-state index contributed by atoms with van der Waals surface area (Å²) < 4.78 is 0. The summed E-state index contributed by atoms with van der Waals surface area (Å²) in [6, 6.07) is 1.04. The second-order valence-electron chi connectivity index (χ2n) is 3.96. The normalized spacial score (nSPS) is 27.9. The Kier molecular flexibility index (Phi) is 5.04. The first-order valence-electron chi connectivity index (χ1n) is 5.71. The monoisotopic (exact) mass is 199 g/mol. The Bertz CT molecular complexity index is 160. The number of nitrogens with zero attached hydrogens (tertiary/aromatic N) is 2. The summed E-state index contributed by atoms with van der Waals surface area (Å²) in [5.41, 5.74) is 8.85. The Labute approximate surface area is 86.5 Å². The van der Waals surface area contributed by atoms with Crippen LogP contribution in [-0.2, 0) is 0 Å². The van der Waals surface area contributed by atoms with E-state index in [1.165, 1.54) is 12.8 Å². The van der Waals surface area contributed by atoms with Crippen LogP contribution >= 0.6 is 0 Å². The van der Waals surface area contributed by atoms with Crippen LogP contribution in [0.3, 0.4) is 0 Å². The van der Waals surface area contributed by atoms with E-state index in [9.17, 15) is 0 Å². The lowest BCUT2D eigenvalue weighted by Crippen LogP contribution is -2.46. The van der Waals surface area contributed by atoms with Crippen molar-refractivity contribution in [1.82, 2.24) is 10.4 Å². The van der Waals surface area contributed by atoms with Gasteiger partial charge in [-0.25, -0.2) is 5.01 Å². The molecule has 0 amide bonds. The van der Waals surface area contributed by atoms with E-state index in [1.807, 2.05) is 0 Å². The van der Waals surface area contributed by atoms with Gasteiger partial charge in [0.15, 0.2) is 0 Å². The zero-order valence-corrected chi connectivity index (χ0v) is 9.37. The molecular formula is C10H23N4+. The molecule has 0 aromatic rings. The number of rotatable bonds is 5. The number of hydrazine groups is 1. The van der Waals surface area contributed by atoms with E-state index in [-0.39, 0.29) is 0 Å². The smallest absolute Gasteiger partial charge is 0.112 e. The van der Waals surface area contributed by atoms with E-state index in [2.05, 4.69) is 29.4 Å². The first kappa shape index (κ1) is 11.6. The third kappa shape index (κ3) is 3.35. The second-order valence-corrected chi connectivity index (χ2v) is 3.96. The third-order valence-electron chi connectivity index (χ3n) is 3.04. The first-order valence-corrected chi connectivity index (χ1v) is 5.71. The molecule has 0 spiro atoms. The SMILES string of the molecule is CCN(CC)NC1CCC(N=[NH2+])CC1. The predicted molar refractivity (Wildman–Crippen MR) is 56.5 cm³/mol. The molecule has 0 aromatic heterocycles. The van der Waals surface area contributed by atoms with Gasteiger partial charge in [-0.1, -0.05) is 13.8 Å². The number of nitrogens with one attached hydrogen (secondary N) is 1. The maximum absolute atomic E-state index is 5.30. The number of hydrogen-bond acceptors (Lipinski definition) is 3. The molecular weight excluding hydrogens is 176 g/mol. The largest absolute Gasteiger partial charge is 0.252 e. The Morgan fingerprint density at radius 3 is 2.21 bits per heavy atom. The lowest BCUT2D eigenvalue weighted by Gasteiger charge is -2.30. The molecule has 0 atom stereocenters. The average molecular weight is 199 g/mol. The van der Waals surface area contributed by atoms with Gasteiger partial charge in [-0.3, -0.25) is 5.43 Å². The van der Waals surface area contributed by atoms with Crippen molar-refractivity contribution in [3.63, 3.8) is 0 Å². The van der Waals surface area contributed by atoms with Crippen LogP contribution in [-0.4, -0.2) is 30.2 Å². The van der Waals surface area contributed by atoms with E-state index in [1.54, 1.807) is 0 Å². The molecule has 82 valence electrons. The molecule has 4 nitrogen and oxygen atoms in total. The zero-order valence-electron chi connectivity index (χ0n) is 9.37. The van der Waals surface area contributed by atoms with Crippen molar-refractivity contribution in [3.8, 4) is 0 Å². The number of nitrogens with two attached hydrogens (primary N) is 1. The summed E-state index contributed by atoms with van der Waals surface area (Å²) in [6.45, 7) is 6.49. The van der Waals surface area contributed by atoms with Crippen LogP contribution in [0.4, 0.5) is 0 Å². The summed E-state index contributed by atoms with van der Waals surface area (Å²) in [4.78, 5) is 0. The molecule has 0 unspecified atom stereocenters. The summed E-state index contributed by atoms with van der Waals surface area (Å²) in [5.74, 6) is 0. The van der Waals surface area contributed by atoms with E-state index < -0.39 is 0 Å². The van der Waals surface area contributed by atoms with Crippen molar-refractivity contribution in [1.29, 1.82) is 0 Å². The fraction of sp³-hybridized carbons (Fsp3) is 1.00. The minimum absolute atomic E-state index is 0.407. The molecule has 1 aliphatic carbocycles. The molecule has 0 aliphatic heterocycles. The molecule has 1 rings (SSSR count). The lowest BCUT2D eigenvalue weighted by molar-refractivity contribution is -0.230. The maximum Gasteiger partial charge on any atom is 0.112 e. The summed E-state index contributed by atoms with van der Waals surface area (Å²) in [5, 5.41) is 6.13. The van der Waals surface area contributed by atoms with E-state index in [0.717, 1.165) is 25.9 Å². The van der Waals surface area contributed by atoms with Crippen molar-refractivity contribution >= 4 is 0 Å². The molecule has 1 saturated carbocycles. The van der Waals surface area contributed by atoms with Gasteiger partial charge in [-0.2, -0.15) is 5.53 Å². The second kappa shape index (κ2) is 6.09. The van der Waals surface area contributed by atoms with Crippen LogP contribution in [0.1, 0.15) is 39.5 Å². The molecule has 0 bridgehead atoms. The molecule has 4 heteroatoms. The fourth-order valence-electron chi connectivity index (χ4n) is 2.02. The van der Waals surface area contributed by atoms with Gasteiger partial charge in [0.25, 0.3) is 0 Å². The quantitative estimate of drug-likeness (QED) is 0.496. The van der Waals surface area contributed by atoms with Gasteiger partial charge in [-0.15, -0.1) is 0 Å². The molecule has 0 saturated heterocycles. The van der Waals surface area contributed by atoms with Crippen LogP contribution < -0.4 is 11.0 Å². The molecule has 3 N–H and O–H groups in total. The molecule has 0 radical (unpaired) electrons. The highest BCUT2D eigenvalue weighted by Crippen LogP contribution is 2.20. The molecule has 14 heavy (non-hydrogen) atoms. The van der Waals surface area contributed by atoms with Crippen LogP contribution in [0.5, 0.6) is 0 Å². The van der Waals surface area contributed by atoms with Gasteiger partial charge in [0.1, 0.15) is 6.04 Å². The van der Waals surface area contributed by atoms with Crippen molar-refractivity contribution in [2.45, 2.75) is 51.6 Å². The lowest BCUT2D eigenvalue weighted by atomic mass is 9.92. The van der Waals surface area contributed by atoms with E-state index >= 15 is 0 Å². The van der Waals surface area contributed by atoms with Gasteiger partial charge < -0.3 is 0 Å². The third-order valence-corrected chi connectivity index (χ3v) is 3.04. The summed E-state index contributed by atoms with van der Waals surface area (Å²) in [6.07, 6.45) is 4.66. The standard InChI is InChI=1S/C10H22N4/c1-3-14(4-2)13-10-7-5-9(12-11)6-8-10/h9-11,13H,3-8H2,1-2H3/p+1. The Morgan fingerprint density at radius 1 is 1.21 bits per heavy atom. The topological polar surface area (TPSA) is 53.2 Å². The predicted octanol–water partition coefficient (Wildman–Crippen LogP) is 0.355. The van der Waals surface area contributed by atoms with Gasteiger partial charge in [-0.05, 0) is 30.8 Å². The summed E-state index contributed by atoms with van der Waals surface area (Å²) in [7, 11) is 0. The highest BCUT2D eigenvalue weighted by atomic mass is 15.5. The number of hydrogen-bond donors (Lipinski definition) is 2. The minimum Gasteiger partial charge on any atom is -0.252 e. The highest BCUT2D eigenvalue weighted by Gasteiger charge is 2.22. The van der Waals surface area contributed by atoms with Crippen molar-refractivity contribution in [3.05, 3.63) is 0 Å². The first-order chi connectivity index (χ1) is 6.80. The van der Waals surface area contributed by atoms with Gasteiger partial charge >= 0.3 is 0 Å². The Morgan fingerprint density at radius 2 is 1.79 bits per heavy atom. The Hall–Kier alpha value is -0.480. The fourth-order valence-corrected chi connectivity index (χ4v) is 2.02. The van der Waals surface area contributed by atoms with Crippen LogP contribution in [0.25, 0.3) is 0 Å². The minimum atomic E-state index is 0.407. The Balaban J connectivity index is 2.24. The van der Waals surface area contributed by atoms with Crippen molar-refractivity contribution in [2.75, 3.05) is 13.1 Å².